The van der Waals surface area contributed by atoms with Crippen molar-refractivity contribution in [2.75, 3.05) is 138 Å². The number of anilines is 1. The minimum Gasteiger partial charge on any atom is -0.496 e. The van der Waals surface area contributed by atoms with E-state index in [-0.39, 0.29) is 82.1 Å². The van der Waals surface area contributed by atoms with Crippen LogP contribution in [0.3, 0.4) is 0 Å². The Kier molecular flexibility index (Phi) is 30.6. The van der Waals surface area contributed by atoms with E-state index < -0.39 is 0 Å². The molecular formula is C94H116ClN17O14. The molecule has 3 atom stereocenters. The molecule has 126 heavy (non-hydrogen) atoms. The number of aromatic amines is 2. The largest absolute Gasteiger partial charge is 0.496 e. The number of halogens is 1. The van der Waals surface area contributed by atoms with E-state index in [1.807, 2.05) is 58.6 Å². The third-order valence-corrected chi connectivity index (χ3v) is 26.1. The van der Waals surface area contributed by atoms with Crippen LogP contribution in [0.15, 0.2) is 131 Å². The van der Waals surface area contributed by atoms with Crippen molar-refractivity contribution in [1.82, 2.24) is 80.6 Å². The number of fused-ring (bicyclic) bond motifs is 2. The van der Waals surface area contributed by atoms with Gasteiger partial charge in [-0.05, 0) is 177 Å². The van der Waals surface area contributed by atoms with E-state index in [0.717, 1.165) is 197 Å². The van der Waals surface area contributed by atoms with Crippen LogP contribution in [-0.2, 0) is 78.4 Å². The SMILES string of the molecule is COc1cc(-c2cn(C)c(=O)c3[nH]ncc23)cc(OC)c1CN1CCN(CC(=O)N2CCC(c3ccc(CC4CCC(=O)NC4=O)cc3)CC2)CC1.COc1cc(-c2cn(C)c(=O)c3[nH]ncc23)cc(OC)c1CN1CCNCC1.O=C1CCC(Cc2ccc(C3CCNCC3)cc2)C(=O)N1.O=C1CCC(Nc2ccc(C3CCN(C(=O)CCl)CC3)cc2)C(=O)N1. The molecule has 5 aromatic carbocycles. The average molecular weight is 1740 g/mol. The van der Waals surface area contributed by atoms with E-state index >= 15 is 0 Å². The summed E-state index contributed by atoms with van der Waals surface area (Å²) < 4.78 is 26.3. The zero-order valence-corrected chi connectivity index (χ0v) is 73.5. The maximum absolute atomic E-state index is 13.3. The second-order valence-corrected chi connectivity index (χ2v) is 34.2. The molecule has 31 nitrogen and oxygen atoms in total. The molecule has 17 rings (SSSR count). The van der Waals surface area contributed by atoms with Gasteiger partial charge >= 0.3 is 0 Å². The lowest BCUT2D eigenvalue weighted by Gasteiger charge is -2.37. The normalized spacial score (nSPS) is 19.6. The highest BCUT2D eigenvalue weighted by atomic mass is 35.5. The molecule has 0 aliphatic carbocycles. The maximum atomic E-state index is 13.3. The first kappa shape index (κ1) is 90.6. The number of hydrogen-bond donors (Lipinski definition) is 8. The summed E-state index contributed by atoms with van der Waals surface area (Å²) in [6.07, 6.45) is 17.5. The summed E-state index contributed by atoms with van der Waals surface area (Å²) in [6, 6.07) is 32.9. The van der Waals surface area contributed by atoms with Crippen LogP contribution in [0, 0.1) is 11.8 Å². The Morgan fingerprint density at radius 2 is 0.825 bits per heavy atom. The summed E-state index contributed by atoms with van der Waals surface area (Å²) in [5.74, 6) is 3.43. The van der Waals surface area contributed by atoms with Crippen LogP contribution in [-0.4, -0.2) is 240 Å². The third-order valence-electron chi connectivity index (χ3n) is 25.9. The fourth-order valence-corrected chi connectivity index (χ4v) is 18.6. The number of pyridine rings is 2. The number of benzene rings is 5. The number of likely N-dealkylation sites (tertiary alicyclic amines) is 2. The van der Waals surface area contributed by atoms with Crippen LogP contribution in [0.5, 0.6) is 23.0 Å². The number of imide groups is 3. The lowest BCUT2D eigenvalue weighted by molar-refractivity contribution is -0.137. The van der Waals surface area contributed by atoms with E-state index in [9.17, 15) is 47.9 Å². The fraction of sp³-hybridized carbons (Fsp3) is 0.468. The molecule has 32 heteroatoms. The number of aromatic nitrogens is 6. The number of alkyl halides is 1. The summed E-state index contributed by atoms with van der Waals surface area (Å²) in [5, 5.41) is 32.5. The Balaban J connectivity index is 0.000000147. The van der Waals surface area contributed by atoms with Gasteiger partial charge in [-0.25, -0.2) is 0 Å². The molecule has 8 fully saturated rings. The van der Waals surface area contributed by atoms with Crippen molar-refractivity contribution in [3.05, 3.63) is 182 Å². The van der Waals surface area contributed by atoms with Crippen molar-refractivity contribution >= 4 is 86.4 Å². The lowest BCUT2D eigenvalue weighted by atomic mass is 9.87. The molecule has 3 unspecified atom stereocenters. The van der Waals surface area contributed by atoms with E-state index in [2.05, 4.69) is 128 Å². The van der Waals surface area contributed by atoms with Gasteiger partial charge in [-0.1, -0.05) is 60.7 Å². The van der Waals surface area contributed by atoms with Crippen LogP contribution >= 0.6 is 11.6 Å². The number of nitrogens with zero attached hydrogens (tertiary/aromatic N) is 9. The summed E-state index contributed by atoms with van der Waals surface area (Å²) in [7, 11) is 10.1. The van der Waals surface area contributed by atoms with Gasteiger partial charge in [-0.15, -0.1) is 11.6 Å². The first-order valence-electron chi connectivity index (χ1n) is 43.9. The Bertz CT molecular complexity index is 5430. The van der Waals surface area contributed by atoms with Crippen molar-refractivity contribution in [3.63, 3.8) is 0 Å². The predicted octanol–water partition coefficient (Wildman–Crippen LogP) is 8.01. The molecule has 8 saturated heterocycles. The molecule has 8 aliphatic heterocycles. The smallest absolute Gasteiger partial charge is 0.276 e. The first-order valence-corrected chi connectivity index (χ1v) is 44.5. The van der Waals surface area contributed by atoms with E-state index in [4.69, 9.17) is 30.5 Å². The number of piperazine rings is 2. The predicted molar refractivity (Wildman–Crippen MR) is 481 cm³/mol. The molecule has 8 aliphatic rings. The number of aryl methyl sites for hydroxylation is 2. The minimum atomic E-state index is -0.367. The van der Waals surface area contributed by atoms with Crippen LogP contribution in [0.1, 0.15) is 134 Å². The topological polar surface area (TPSA) is 363 Å². The van der Waals surface area contributed by atoms with Gasteiger partial charge in [-0.2, -0.15) is 10.2 Å². The van der Waals surface area contributed by atoms with Gasteiger partial charge in [0.2, 0.25) is 47.3 Å². The van der Waals surface area contributed by atoms with Crippen molar-refractivity contribution in [2.45, 2.75) is 127 Å². The van der Waals surface area contributed by atoms with Crippen LogP contribution in [0.4, 0.5) is 5.69 Å². The number of piperidine rings is 6. The molecule has 4 aromatic heterocycles. The molecule has 8 amide bonds. The van der Waals surface area contributed by atoms with Crippen LogP contribution < -0.4 is 62.0 Å². The van der Waals surface area contributed by atoms with E-state index in [1.165, 1.54) is 35.1 Å². The number of hydrogen-bond acceptors (Lipinski definition) is 22. The van der Waals surface area contributed by atoms with Gasteiger partial charge in [0.25, 0.3) is 11.1 Å². The summed E-state index contributed by atoms with van der Waals surface area (Å²) in [5.41, 5.74) is 13.3. The number of rotatable bonds is 22. The second-order valence-electron chi connectivity index (χ2n) is 34.0. The monoisotopic (exact) mass is 1740 g/mol. The minimum absolute atomic E-state index is 0.00362. The van der Waals surface area contributed by atoms with Crippen LogP contribution in [0.2, 0.25) is 0 Å². The standard InChI is InChI=1S/C39H47N7O6.C20H25N5O3.C18H22ClN3O3.C17H22N2O2/c1-43-22-31(30-21-40-42-37(30)39(43)50)29-19-33(51-2)32(34(20-29)52-3)23-44-14-16-45(17-15-44)24-36(48)46-12-10-27(11-13-46)26-6-4-25(5-7-26)18-28-8-9-35(47)41-38(28)49;1-24-11-15(14-10-22-23-19(14)20(24)26)13-8-17(27-2)16(18(9-13)28-3)12-25-6-4-21-5-7-25;19-11-17(24)22-9-7-13(8-10-22)12-1-3-14(4-2-12)20-15-5-6-16(23)21-18(15)25;20-16-6-5-15(17(21)19-16)11-12-1-3-13(4-2-12)14-7-9-18-10-8-14/h4-7,19-22,27-28H,8-18,23-24H2,1-3H3,(H,40,42)(H,41,47,49);8-11,21H,4-7,12H2,1-3H3,(H,22,23);1-4,13,15,20H,5-11H2,(H,21,23,25);1-4,14-15,18H,5-11H2,(H,19,20,21). The Morgan fingerprint density at radius 3 is 1.24 bits per heavy atom. The zero-order chi connectivity index (χ0) is 88.5. The van der Waals surface area contributed by atoms with Crippen molar-refractivity contribution < 1.29 is 57.3 Å². The lowest BCUT2D eigenvalue weighted by Crippen LogP contribution is -2.50. The highest BCUT2D eigenvalue weighted by Crippen LogP contribution is 2.41. The van der Waals surface area contributed by atoms with Crippen molar-refractivity contribution in [1.29, 1.82) is 0 Å². The summed E-state index contributed by atoms with van der Waals surface area (Å²) >= 11 is 5.61. The fourth-order valence-electron chi connectivity index (χ4n) is 18.4. The number of methoxy groups -OCH3 is 4. The molecule has 0 saturated carbocycles. The average Bonchev–Trinajstić information content (AvgIpc) is 1.53. The van der Waals surface area contributed by atoms with Gasteiger partial charge in [-0.3, -0.25) is 88.8 Å². The van der Waals surface area contributed by atoms with Crippen molar-refractivity contribution in [2.24, 2.45) is 25.9 Å². The number of carbonyl (C=O) groups excluding carboxylic acids is 8. The zero-order valence-electron chi connectivity index (χ0n) is 72.8. The number of amides is 8. The van der Waals surface area contributed by atoms with E-state index in [1.54, 1.807) is 64.1 Å². The summed E-state index contributed by atoms with van der Waals surface area (Å²) in [6.45, 7) is 14.2. The summed E-state index contributed by atoms with van der Waals surface area (Å²) in [4.78, 5) is 130. The number of nitrogens with one attached hydrogen (secondary N) is 8. The van der Waals surface area contributed by atoms with Gasteiger partial charge in [0.1, 0.15) is 46.0 Å². The molecular weight excluding hydrogens is 1630 g/mol. The molecule has 668 valence electrons. The van der Waals surface area contributed by atoms with Gasteiger partial charge in [0, 0.05) is 177 Å². The number of ether oxygens (including phenoxy) is 4. The molecule has 0 radical (unpaired) electrons. The number of carbonyl (C=O) groups is 8. The van der Waals surface area contributed by atoms with Gasteiger partial charge in [0.05, 0.1) is 58.5 Å². The quantitative estimate of drug-likeness (QED) is 0.0235. The molecule has 8 N–H and O–H groups in total. The van der Waals surface area contributed by atoms with Crippen molar-refractivity contribution in [3.8, 4) is 45.3 Å². The maximum Gasteiger partial charge on any atom is 0.276 e. The molecule has 0 spiro atoms. The second kappa shape index (κ2) is 42.6. The van der Waals surface area contributed by atoms with Crippen LogP contribution in [0.25, 0.3) is 44.1 Å². The molecule has 9 aromatic rings. The van der Waals surface area contributed by atoms with Gasteiger partial charge in [0.15, 0.2) is 0 Å². The van der Waals surface area contributed by atoms with E-state index in [0.29, 0.717) is 98.3 Å². The highest BCUT2D eigenvalue weighted by molar-refractivity contribution is 6.27. The first-order chi connectivity index (χ1) is 61.1. The highest BCUT2D eigenvalue weighted by Gasteiger charge is 2.34. The molecule has 12 heterocycles. The molecule has 0 bridgehead atoms. The van der Waals surface area contributed by atoms with Gasteiger partial charge < -0.3 is 53.8 Å². The number of H-pyrrole nitrogens is 2. The Hall–Kier alpha value is -11.6. The third kappa shape index (κ3) is 22.4. The Labute approximate surface area is 737 Å². The Morgan fingerprint density at radius 1 is 0.444 bits per heavy atom.